The van der Waals surface area contributed by atoms with E-state index in [-0.39, 0.29) is 23.5 Å². The van der Waals surface area contributed by atoms with Gasteiger partial charge in [0.1, 0.15) is 22.5 Å². The minimum Gasteiger partial charge on any atom is -0.468 e. The van der Waals surface area contributed by atoms with E-state index in [0.717, 1.165) is 44.6 Å². The van der Waals surface area contributed by atoms with Crippen LogP contribution in [0.25, 0.3) is 63.0 Å². The highest BCUT2D eigenvalue weighted by molar-refractivity contribution is 7.22. The van der Waals surface area contributed by atoms with Crippen LogP contribution in [0.4, 0.5) is 34.1 Å². The standard InChI is InChI=1S/C65H59BN2O2S2/c1-35(2)42-29-49-57-50(30-42)68(59-37(4)22-26-46(39(59)6)56-32-41-18-14-16-20-54(41)72-56)61-48-34-44(65(10,11)12)24-28-52(48)70-63(61)66(57)62-60(47-33-43(64(7,8)9)23-27-51(47)69-62)67(49)58-36(3)21-25-45(38(58)5)55-31-40-17-13-15-19-53(40)71-55/h13-35H,1-12H3. The van der Waals surface area contributed by atoms with Gasteiger partial charge in [0.05, 0.1) is 22.7 Å². The molecule has 0 unspecified atom stereocenters. The smallest absolute Gasteiger partial charge is 0.342 e. The van der Waals surface area contributed by atoms with Gasteiger partial charge in [-0.2, -0.15) is 0 Å². The number of furan rings is 2. The van der Waals surface area contributed by atoms with E-state index >= 15 is 0 Å². The van der Waals surface area contributed by atoms with E-state index in [1.165, 1.54) is 108 Å². The number of anilines is 6. The normalized spacial score (nSPS) is 13.6. The second-order valence-electron chi connectivity index (χ2n) is 22.9. The first kappa shape index (κ1) is 45.1. The first-order valence-corrected chi connectivity index (χ1v) is 27.2. The molecule has 0 bridgehead atoms. The number of hydrogen-bond donors (Lipinski definition) is 0. The van der Waals surface area contributed by atoms with E-state index < -0.39 is 0 Å². The van der Waals surface area contributed by atoms with Crippen LogP contribution >= 0.6 is 22.7 Å². The molecule has 0 saturated heterocycles. The molecule has 2 aliphatic rings. The Hall–Kier alpha value is -6.80. The van der Waals surface area contributed by atoms with Crippen molar-refractivity contribution in [2.75, 3.05) is 9.80 Å². The average molecular weight is 975 g/mol. The third-order valence-electron chi connectivity index (χ3n) is 15.8. The van der Waals surface area contributed by atoms with Gasteiger partial charge in [0.25, 0.3) is 0 Å². The minimum atomic E-state index is -0.331. The van der Waals surface area contributed by atoms with Gasteiger partial charge in [-0.05, 0) is 171 Å². The molecule has 2 aliphatic heterocycles. The third-order valence-corrected chi connectivity index (χ3v) is 18.1. The highest BCUT2D eigenvalue weighted by Gasteiger charge is 2.51. The minimum absolute atomic E-state index is 0.0806. The van der Waals surface area contributed by atoms with Crippen LogP contribution in [-0.2, 0) is 10.8 Å². The fraction of sp³-hybridized carbons (Fsp3) is 0.231. The van der Waals surface area contributed by atoms with E-state index in [9.17, 15) is 0 Å². The summed E-state index contributed by atoms with van der Waals surface area (Å²) in [7, 11) is 0. The number of rotatable bonds is 5. The second kappa shape index (κ2) is 15.9. The molecule has 356 valence electrons. The van der Waals surface area contributed by atoms with Crippen molar-refractivity contribution in [3.8, 4) is 20.9 Å². The van der Waals surface area contributed by atoms with Crippen LogP contribution in [0, 0.1) is 27.7 Å². The molecule has 0 radical (unpaired) electrons. The van der Waals surface area contributed by atoms with Gasteiger partial charge in [0, 0.05) is 41.3 Å². The van der Waals surface area contributed by atoms with Crippen molar-refractivity contribution in [1.29, 1.82) is 0 Å². The maximum Gasteiger partial charge on any atom is 0.342 e. The Balaban J connectivity index is 1.17. The van der Waals surface area contributed by atoms with Gasteiger partial charge in [-0.25, -0.2) is 0 Å². The lowest BCUT2D eigenvalue weighted by Gasteiger charge is -2.43. The molecular weight excluding hydrogens is 916 g/mol. The van der Waals surface area contributed by atoms with E-state index in [4.69, 9.17) is 8.83 Å². The lowest BCUT2D eigenvalue weighted by molar-refractivity contribution is 0.590. The van der Waals surface area contributed by atoms with Crippen molar-refractivity contribution in [2.24, 2.45) is 0 Å². The Labute approximate surface area is 431 Å². The predicted octanol–water partition coefficient (Wildman–Crippen LogP) is 18.0. The van der Waals surface area contributed by atoms with E-state index in [2.05, 4.69) is 226 Å². The average Bonchev–Trinajstić information content (AvgIpc) is 4.14. The first-order chi connectivity index (χ1) is 34.4. The SMILES string of the molecule is Cc1ccc(-c2cc3ccccc3s2)c(C)c1N1c2cc(C(C)C)cc3c2B(c2oc4ccc(C(C)(C)C)cc4c21)c1oc2ccc(C(C)(C)C)cc2c1N3c1c(C)ccc(-c2cc3ccccc3s2)c1C. The van der Waals surface area contributed by atoms with Crippen LogP contribution in [0.3, 0.4) is 0 Å². The van der Waals surface area contributed by atoms with Crippen LogP contribution < -0.4 is 26.6 Å². The maximum atomic E-state index is 7.48. The molecule has 0 amide bonds. The van der Waals surface area contributed by atoms with Crippen LogP contribution in [0.2, 0.25) is 0 Å². The van der Waals surface area contributed by atoms with Gasteiger partial charge in [0.2, 0.25) is 0 Å². The molecule has 0 fully saturated rings. The number of nitrogens with zero attached hydrogens (tertiary/aromatic N) is 2. The van der Waals surface area contributed by atoms with Gasteiger partial charge in [-0.15, -0.1) is 22.7 Å². The zero-order valence-electron chi connectivity index (χ0n) is 43.4. The quantitative estimate of drug-likeness (QED) is 0.161. The highest BCUT2D eigenvalue weighted by Crippen LogP contribution is 2.54. The molecule has 72 heavy (non-hydrogen) atoms. The monoisotopic (exact) mass is 974 g/mol. The summed E-state index contributed by atoms with van der Waals surface area (Å²) >= 11 is 3.74. The number of benzene rings is 7. The van der Waals surface area contributed by atoms with Crippen LogP contribution in [0.1, 0.15) is 100 Å². The Morgan fingerprint density at radius 1 is 0.486 bits per heavy atom. The zero-order valence-corrected chi connectivity index (χ0v) is 45.0. The Bertz CT molecular complexity index is 3750. The third kappa shape index (κ3) is 6.69. The van der Waals surface area contributed by atoms with Gasteiger partial charge in [-0.1, -0.05) is 128 Å². The molecule has 13 rings (SSSR count). The molecule has 7 aromatic carbocycles. The lowest BCUT2D eigenvalue weighted by Crippen LogP contribution is -2.60. The van der Waals surface area contributed by atoms with Crippen LogP contribution in [-0.4, -0.2) is 6.71 Å². The summed E-state index contributed by atoms with van der Waals surface area (Å²) in [5, 5.41) is 4.77. The lowest BCUT2D eigenvalue weighted by atomic mass is 9.37. The summed E-state index contributed by atoms with van der Waals surface area (Å²) in [6, 6.07) is 50.3. The molecule has 4 nitrogen and oxygen atoms in total. The van der Waals surface area contributed by atoms with E-state index in [0.29, 0.717) is 0 Å². The number of fused-ring (bicyclic) bond motifs is 10. The predicted molar refractivity (Wildman–Crippen MR) is 312 cm³/mol. The van der Waals surface area contributed by atoms with Crippen LogP contribution in [0.15, 0.2) is 142 Å². The summed E-state index contributed by atoms with van der Waals surface area (Å²) in [6.07, 6.45) is 0. The Morgan fingerprint density at radius 3 is 1.32 bits per heavy atom. The first-order valence-electron chi connectivity index (χ1n) is 25.5. The van der Waals surface area contributed by atoms with Crippen molar-refractivity contribution in [3.05, 3.63) is 172 Å². The maximum absolute atomic E-state index is 7.48. The zero-order chi connectivity index (χ0) is 49.9. The van der Waals surface area contributed by atoms with Crippen molar-refractivity contribution in [3.63, 3.8) is 0 Å². The molecule has 0 atom stereocenters. The summed E-state index contributed by atoms with van der Waals surface area (Å²) in [5.74, 6) is 0.234. The molecule has 7 heteroatoms. The number of thiophene rings is 2. The summed E-state index contributed by atoms with van der Waals surface area (Å²) in [5.41, 5.74) is 22.7. The molecular formula is C65H59BN2O2S2. The van der Waals surface area contributed by atoms with E-state index in [1.807, 2.05) is 22.7 Å². The summed E-state index contributed by atoms with van der Waals surface area (Å²) < 4.78 is 17.6. The van der Waals surface area contributed by atoms with Gasteiger partial charge >= 0.3 is 6.71 Å². The molecule has 11 aromatic rings. The van der Waals surface area contributed by atoms with Gasteiger partial charge < -0.3 is 18.6 Å². The van der Waals surface area contributed by atoms with Crippen molar-refractivity contribution in [2.45, 2.75) is 99.8 Å². The molecule has 0 N–H and O–H groups in total. The largest absolute Gasteiger partial charge is 0.468 e. The summed E-state index contributed by atoms with van der Waals surface area (Å²) in [4.78, 5) is 7.75. The molecule has 0 aliphatic carbocycles. The van der Waals surface area contributed by atoms with E-state index in [1.54, 1.807) is 0 Å². The fourth-order valence-corrected chi connectivity index (χ4v) is 14.1. The fourth-order valence-electron chi connectivity index (χ4n) is 11.8. The topological polar surface area (TPSA) is 32.8 Å². The van der Waals surface area contributed by atoms with Crippen LogP contribution in [0.5, 0.6) is 0 Å². The Morgan fingerprint density at radius 2 is 0.917 bits per heavy atom. The number of hydrogen-bond acceptors (Lipinski definition) is 6. The van der Waals surface area contributed by atoms with Gasteiger partial charge in [-0.3, -0.25) is 0 Å². The van der Waals surface area contributed by atoms with Gasteiger partial charge in [0.15, 0.2) is 0 Å². The van der Waals surface area contributed by atoms with Crippen molar-refractivity contribution >= 4 is 122 Å². The Kier molecular flexibility index (Phi) is 9.93. The van der Waals surface area contributed by atoms with Crippen molar-refractivity contribution < 1.29 is 8.83 Å². The molecule has 0 spiro atoms. The molecule has 6 heterocycles. The molecule has 0 saturated carbocycles. The number of aryl methyl sites for hydroxylation is 2. The summed E-state index contributed by atoms with van der Waals surface area (Å²) in [6.45, 7) is 27.4. The molecule has 4 aromatic heterocycles. The van der Waals surface area contributed by atoms with Crippen molar-refractivity contribution in [1.82, 2.24) is 0 Å². The highest BCUT2D eigenvalue weighted by atomic mass is 32.1. The second-order valence-corrected chi connectivity index (χ2v) is 25.1.